The number of hydrogen-bond donors (Lipinski definition) is 1. The molecule has 0 fully saturated rings. The average molecular weight is 417 g/mol. The highest BCUT2D eigenvalue weighted by Gasteiger charge is 2.21. The van der Waals surface area contributed by atoms with Crippen LogP contribution in [0.3, 0.4) is 0 Å². The molecule has 4 nitrogen and oxygen atoms in total. The van der Waals surface area contributed by atoms with Crippen LogP contribution >= 0.6 is 24.0 Å². The first-order chi connectivity index (χ1) is 10.2. The van der Waals surface area contributed by atoms with Crippen molar-refractivity contribution in [3.8, 4) is 0 Å². The van der Waals surface area contributed by atoms with Crippen molar-refractivity contribution in [2.24, 2.45) is 10.9 Å². The summed E-state index contributed by atoms with van der Waals surface area (Å²) in [6, 6.07) is 8.55. The van der Waals surface area contributed by atoms with E-state index in [9.17, 15) is 0 Å². The third kappa shape index (κ3) is 5.43. The van der Waals surface area contributed by atoms with E-state index in [0.29, 0.717) is 5.92 Å². The topological polar surface area (TPSA) is 36.9 Å². The second-order valence-electron chi connectivity index (χ2n) is 5.83. The molecule has 0 unspecified atom stereocenters. The number of halogens is 1. The molecule has 22 heavy (non-hydrogen) atoms. The van der Waals surface area contributed by atoms with Gasteiger partial charge in [0.05, 0.1) is 0 Å². The van der Waals surface area contributed by atoms with E-state index in [0.717, 1.165) is 45.1 Å². The lowest BCUT2D eigenvalue weighted by molar-refractivity contribution is 0.108. The van der Waals surface area contributed by atoms with Crippen LogP contribution in [0.5, 0.6) is 0 Å². The van der Waals surface area contributed by atoms with Crippen molar-refractivity contribution in [2.45, 2.75) is 26.7 Å². The molecule has 0 saturated heterocycles. The number of aliphatic imine (C=N–C) groups is 1. The van der Waals surface area contributed by atoms with Crippen molar-refractivity contribution in [3.05, 3.63) is 29.8 Å². The molecule has 124 valence electrons. The Morgan fingerprint density at radius 1 is 1.36 bits per heavy atom. The fraction of sp³-hybridized carbons (Fsp3) is 0.588. The Hall–Kier alpha value is -0.820. The molecule has 0 aliphatic carbocycles. The molecule has 1 N–H and O–H groups in total. The minimum Gasteiger partial charge on any atom is -0.381 e. The number of guanidine groups is 1. The third-order valence-electron chi connectivity index (χ3n) is 3.55. The SMILES string of the molecule is CN=C(NCCCOCC(C)C)N1CCc2ccccc21.I. The maximum Gasteiger partial charge on any atom is 0.198 e. The maximum atomic E-state index is 5.60. The average Bonchev–Trinajstić information content (AvgIpc) is 2.90. The molecule has 0 aromatic heterocycles. The molecule has 1 aliphatic rings. The largest absolute Gasteiger partial charge is 0.381 e. The lowest BCUT2D eigenvalue weighted by Gasteiger charge is -2.22. The van der Waals surface area contributed by atoms with Crippen LogP contribution in [0.4, 0.5) is 5.69 Å². The van der Waals surface area contributed by atoms with Gasteiger partial charge in [-0.05, 0) is 30.4 Å². The van der Waals surface area contributed by atoms with Gasteiger partial charge in [0.2, 0.25) is 0 Å². The Morgan fingerprint density at radius 3 is 2.86 bits per heavy atom. The monoisotopic (exact) mass is 417 g/mol. The molecule has 1 aromatic carbocycles. The first-order valence-corrected chi connectivity index (χ1v) is 7.86. The maximum absolute atomic E-state index is 5.60. The number of anilines is 1. The zero-order valence-electron chi connectivity index (χ0n) is 13.8. The zero-order valence-corrected chi connectivity index (χ0v) is 16.2. The summed E-state index contributed by atoms with van der Waals surface area (Å²) in [6.07, 6.45) is 2.09. The van der Waals surface area contributed by atoms with Gasteiger partial charge in [0.15, 0.2) is 5.96 Å². The standard InChI is InChI=1S/C17H27N3O.HI/c1-14(2)13-21-12-6-10-19-17(18-3)20-11-9-15-7-4-5-8-16(15)20;/h4-5,7-8,14H,6,9-13H2,1-3H3,(H,18,19);1H. The molecule has 0 radical (unpaired) electrons. The Bertz CT molecular complexity index is 477. The van der Waals surface area contributed by atoms with Gasteiger partial charge in [0.1, 0.15) is 0 Å². The number of fused-ring (bicyclic) bond motifs is 1. The fourth-order valence-corrected chi connectivity index (χ4v) is 2.55. The Labute approximate surface area is 151 Å². The summed E-state index contributed by atoms with van der Waals surface area (Å²) < 4.78 is 5.60. The lowest BCUT2D eigenvalue weighted by atomic mass is 10.2. The van der Waals surface area contributed by atoms with Crippen molar-refractivity contribution in [1.82, 2.24) is 5.32 Å². The normalized spacial score (nSPS) is 14.0. The van der Waals surface area contributed by atoms with E-state index in [1.807, 2.05) is 7.05 Å². The minimum absolute atomic E-state index is 0. The summed E-state index contributed by atoms with van der Waals surface area (Å²) in [5, 5.41) is 3.44. The number of nitrogens with zero attached hydrogens (tertiary/aromatic N) is 2. The predicted octanol–water partition coefficient (Wildman–Crippen LogP) is 3.31. The van der Waals surface area contributed by atoms with Gasteiger partial charge in [-0.1, -0.05) is 32.0 Å². The lowest BCUT2D eigenvalue weighted by Crippen LogP contribution is -2.41. The summed E-state index contributed by atoms with van der Waals surface area (Å²) in [5.41, 5.74) is 2.68. The van der Waals surface area contributed by atoms with Gasteiger partial charge < -0.3 is 15.0 Å². The summed E-state index contributed by atoms with van der Waals surface area (Å²) in [5.74, 6) is 1.57. The van der Waals surface area contributed by atoms with E-state index in [4.69, 9.17) is 4.74 Å². The molecular formula is C17H28IN3O. The van der Waals surface area contributed by atoms with E-state index < -0.39 is 0 Å². The van der Waals surface area contributed by atoms with Gasteiger partial charge in [-0.2, -0.15) is 0 Å². The van der Waals surface area contributed by atoms with E-state index in [1.54, 1.807) is 0 Å². The van der Waals surface area contributed by atoms with Gasteiger partial charge in [0.25, 0.3) is 0 Å². The molecule has 2 rings (SSSR count). The van der Waals surface area contributed by atoms with Crippen LogP contribution < -0.4 is 10.2 Å². The van der Waals surface area contributed by atoms with Crippen LogP contribution in [0.25, 0.3) is 0 Å². The molecule has 0 spiro atoms. The molecule has 1 aliphatic heterocycles. The molecule has 0 saturated carbocycles. The van der Waals surface area contributed by atoms with Gasteiger partial charge in [0, 0.05) is 39.0 Å². The molecular weight excluding hydrogens is 389 g/mol. The van der Waals surface area contributed by atoms with Gasteiger partial charge in [-0.25, -0.2) is 0 Å². The highest BCUT2D eigenvalue weighted by molar-refractivity contribution is 14.0. The summed E-state index contributed by atoms with van der Waals surface area (Å²) in [4.78, 5) is 6.67. The van der Waals surface area contributed by atoms with Crippen LogP contribution in [0.15, 0.2) is 29.3 Å². The second-order valence-corrected chi connectivity index (χ2v) is 5.83. The number of nitrogens with one attached hydrogen (secondary N) is 1. The van der Waals surface area contributed by atoms with E-state index >= 15 is 0 Å². The molecule has 1 aromatic rings. The highest BCUT2D eigenvalue weighted by Crippen LogP contribution is 2.27. The number of hydrogen-bond acceptors (Lipinski definition) is 2. The number of ether oxygens (including phenoxy) is 1. The van der Waals surface area contributed by atoms with Crippen LogP contribution in [0.2, 0.25) is 0 Å². The van der Waals surface area contributed by atoms with Crippen LogP contribution in [-0.4, -0.2) is 39.3 Å². The minimum atomic E-state index is 0. The summed E-state index contributed by atoms with van der Waals surface area (Å²) >= 11 is 0. The smallest absolute Gasteiger partial charge is 0.198 e. The van der Waals surface area contributed by atoms with E-state index in [-0.39, 0.29) is 24.0 Å². The van der Waals surface area contributed by atoms with E-state index in [1.165, 1.54) is 11.3 Å². The summed E-state index contributed by atoms with van der Waals surface area (Å²) in [6.45, 7) is 7.88. The van der Waals surface area contributed by atoms with Crippen LogP contribution in [0, 0.1) is 5.92 Å². The first-order valence-electron chi connectivity index (χ1n) is 7.86. The van der Waals surface area contributed by atoms with Gasteiger partial charge in [-0.15, -0.1) is 24.0 Å². The third-order valence-corrected chi connectivity index (χ3v) is 3.55. The number of benzene rings is 1. The predicted molar refractivity (Wildman–Crippen MR) is 105 cm³/mol. The molecule has 5 heteroatoms. The molecule has 0 amide bonds. The van der Waals surface area contributed by atoms with Crippen molar-refractivity contribution in [1.29, 1.82) is 0 Å². The molecule has 0 bridgehead atoms. The molecule has 0 atom stereocenters. The zero-order chi connectivity index (χ0) is 15.1. The Kier molecular flexibility index (Phi) is 8.78. The number of para-hydroxylation sites is 1. The van der Waals surface area contributed by atoms with Crippen molar-refractivity contribution < 1.29 is 4.74 Å². The van der Waals surface area contributed by atoms with Crippen molar-refractivity contribution in [3.63, 3.8) is 0 Å². The Morgan fingerprint density at radius 2 is 2.14 bits per heavy atom. The quantitative estimate of drug-likeness (QED) is 0.334. The van der Waals surface area contributed by atoms with Gasteiger partial charge in [-0.3, -0.25) is 4.99 Å². The van der Waals surface area contributed by atoms with Crippen LogP contribution in [-0.2, 0) is 11.2 Å². The Balaban J connectivity index is 0.00000242. The number of rotatable bonds is 6. The van der Waals surface area contributed by atoms with Crippen LogP contribution in [0.1, 0.15) is 25.8 Å². The fourth-order valence-electron chi connectivity index (χ4n) is 2.55. The van der Waals surface area contributed by atoms with E-state index in [2.05, 4.69) is 53.3 Å². The molecule has 1 heterocycles. The second kappa shape index (κ2) is 10.0. The van der Waals surface area contributed by atoms with Gasteiger partial charge >= 0.3 is 0 Å². The summed E-state index contributed by atoms with van der Waals surface area (Å²) in [7, 11) is 1.85. The highest BCUT2D eigenvalue weighted by atomic mass is 127. The van der Waals surface area contributed by atoms with Crippen molar-refractivity contribution in [2.75, 3.05) is 38.3 Å². The first kappa shape index (κ1) is 19.2. The van der Waals surface area contributed by atoms with Crippen molar-refractivity contribution >= 4 is 35.6 Å².